The molecule has 0 aromatic rings. The van der Waals surface area contributed by atoms with Crippen LogP contribution in [0.3, 0.4) is 0 Å². The highest BCUT2D eigenvalue weighted by molar-refractivity contribution is 6.71. The van der Waals surface area contributed by atoms with Gasteiger partial charge in [-0.3, -0.25) is 4.79 Å². The summed E-state index contributed by atoms with van der Waals surface area (Å²) in [6, 6.07) is 0.753. The first-order valence-corrected chi connectivity index (χ1v) is 12.2. The number of nitrogens with one attached hydrogen (secondary N) is 1. The molecule has 0 atom stereocenters. The minimum Gasteiger partial charge on any atom is -0.520 e. The van der Waals surface area contributed by atoms with Crippen molar-refractivity contribution >= 4 is 23.1 Å². The normalized spacial score (nSPS) is 12.5. The third-order valence-corrected chi connectivity index (χ3v) is 6.37. The Morgan fingerprint density at radius 1 is 1.00 bits per heavy atom. The van der Waals surface area contributed by atoms with E-state index in [2.05, 4.69) is 5.32 Å². The zero-order chi connectivity index (χ0) is 15.6. The maximum atomic E-state index is 11.5. The molecule has 0 aliphatic heterocycles. The van der Waals surface area contributed by atoms with Crippen LogP contribution in [0.5, 0.6) is 0 Å². The van der Waals surface area contributed by atoms with Crippen LogP contribution in [0.1, 0.15) is 12.8 Å². The van der Waals surface area contributed by atoms with Gasteiger partial charge in [0, 0.05) is 33.9 Å². The molecule has 0 saturated carbocycles. The lowest BCUT2D eigenvalue weighted by Crippen LogP contribution is -2.43. The van der Waals surface area contributed by atoms with Crippen molar-refractivity contribution in [3.63, 3.8) is 0 Å². The molecule has 0 aromatic carbocycles. The summed E-state index contributed by atoms with van der Waals surface area (Å²) >= 11 is 0. The summed E-state index contributed by atoms with van der Waals surface area (Å²) in [7, 11) is 0.617. The summed E-state index contributed by atoms with van der Waals surface area (Å²) in [5, 5.41) is 3.22. The van der Waals surface area contributed by atoms with E-state index in [1.165, 1.54) is 0 Å². The van der Waals surface area contributed by atoms with Gasteiger partial charge in [0.1, 0.15) is 0 Å². The third-order valence-electron chi connectivity index (χ3n) is 2.70. The standard InChI is InChI=1S/C12H29NO5Si2/c1-15-20(16-2,17-3)11-7-9-13-10-8-12(14)18-19(4,5)6/h13H,7-11H2,1-6H3. The van der Waals surface area contributed by atoms with Gasteiger partial charge in [-0.1, -0.05) is 0 Å². The molecular weight excluding hydrogens is 294 g/mol. The Labute approximate surface area is 124 Å². The lowest BCUT2D eigenvalue weighted by molar-refractivity contribution is -0.135. The molecule has 0 fully saturated rings. The van der Waals surface area contributed by atoms with Crippen molar-refractivity contribution in [1.29, 1.82) is 0 Å². The molecule has 0 unspecified atom stereocenters. The predicted molar refractivity (Wildman–Crippen MR) is 83.1 cm³/mol. The maximum Gasteiger partial charge on any atom is 0.500 e. The Kier molecular flexibility index (Phi) is 9.52. The first kappa shape index (κ1) is 19.7. The summed E-state index contributed by atoms with van der Waals surface area (Å²) < 4.78 is 21.4. The molecule has 120 valence electrons. The van der Waals surface area contributed by atoms with Crippen LogP contribution in [0.15, 0.2) is 0 Å². The molecule has 0 aliphatic carbocycles. The van der Waals surface area contributed by atoms with Crippen LogP contribution in [-0.2, 0) is 22.5 Å². The highest BCUT2D eigenvalue weighted by atomic mass is 28.4. The Morgan fingerprint density at radius 2 is 1.55 bits per heavy atom. The van der Waals surface area contributed by atoms with Gasteiger partial charge in [-0.25, -0.2) is 0 Å². The van der Waals surface area contributed by atoms with Crippen LogP contribution in [-0.4, -0.2) is 57.5 Å². The van der Waals surface area contributed by atoms with E-state index in [1.807, 2.05) is 19.6 Å². The summed E-state index contributed by atoms with van der Waals surface area (Å²) in [6.07, 6.45) is 1.29. The second kappa shape index (κ2) is 9.64. The maximum absolute atomic E-state index is 11.5. The second-order valence-electron chi connectivity index (χ2n) is 5.49. The average molecular weight is 324 g/mol. The van der Waals surface area contributed by atoms with E-state index in [0.717, 1.165) is 19.0 Å². The molecule has 0 radical (unpaired) electrons. The fourth-order valence-electron chi connectivity index (χ4n) is 1.69. The molecule has 0 aromatic heterocycles. The van der Waals surface area contributed by atoms with Crippen LogP contribution in [0.25, 0.3) is 0 Å². The van der Waals surface area contributed by atoms with Gasteiger partial charge in [-0.05, 0) is 32.6 Å². The lowest BCUT2D eigenvalue weighted by atomic mass is 10.4. The minimum atomic E-state index is -2.46. The third kappa shape index (κ3) is 8.82. The average Bonchev–Trinajstić information content (AvgIpc) is 2.37. The van der Waals surface area contributed by atoms with Crippen molar-refractivity contribution in [2.75, 3.05) is 34.4 Å². The smallest absolute Gasteiger partial charge is 0.500 e. The molecule has 0 aliphatic rings. The van der Waals surface area contributed by atoms with Gasteiger partial charge in [0.05, 0.1) is 6.42 Å². The quantitative estimate of drug-likeness (QED) is 0.460. The SMILES string of the molecule is CO[Si](CCCNCCC(=O)O[Si](C)(C)C)(OC)OC. The van der Waals surface area contributed by atoms with E-state index < -0.39 is 17.1 Å². The topological polar surface area (TPSA) is 66.0 Å². The number of hydrogen-bond donors (Lipinski definition) is 1. The molecule has 0 spiro atoms. The Bertz CT molecular complexity index is 271. The fourth-order valence-corrected chi connectivity index (χ4v) is 4.20. The highest BCUT2D eigenvalue weighted by Gasteiger charge is 2.36. The van der Waals surface area contributed by atoms with Gasteiger partial charge in [0.15, 0.2) is 0 Å². The Morgan fingerprint density at radius 3 is 2.00 bits per heavy atom. The van der Waals surface area contributed by atoms with Crippen LogP contribution >= 0.6 is 0 Å². The number of rotatable bonds is 11. The van der Waals surface area contributed by atoms with Crippen LogP contribution in [0.4, 0.5) is 0 Å². The molecule has 1 N–H and O–H groups in total. The van der Waals surface area contributed by atoms with Crippen LogP contribution in [0.2, 0.25) is 25.7 Å². The lowest BCUT2D eigenvalue weighted by Gasteiger charge is -2.24. The molecule has 0 bridgehead atoms. The number of carbonyl (C=O) groups is 1. The zero-order valence-electron chi connectivity index (χ0n) is 13.6. The second-order valence-corrected chi connectivity index (χ2v) is 13.0. The van der Waals surface area contributed by atoms with E-state index in [1.54, 1.807) is 21.3 Å². The Hall–Kier alpha value is -0.256. The Balaban J connectivity index is 3.70. The van der Waals surface area contributed by atoms with Crippen molar-refractivity contribution in [3.8, 4) is 0 Å². The predicted octanol–water partition coefficient (Wildman–Crippen LogP) is 1.61. The monoisotopic (exact) mass is 323 g/mol. The van der Waals surface area contributed by atoms with Crippen molar-refractivity contribution in [1.82, 2.24) is 5.32 Å². The van der Waals surface area contributed by atoms with Crippen molar-refractivity contribution < 1.29 is 22.5 Å². The van der Waals surface area contributed by atoms with Gasteiger partial charge >= 0.3 is 8.80 Å². The van der Waals surface area contributed by atoms with Gasteiger partial charge in [-0.15, -0.1) is 0 Å². The van der Waals surface area contributed by atoms with Crippen molar-refractivity contribution in [2.24, 2.45) is 0 Å². The van der Waals surface area contributed by atoms with Gasteiger partial charge in [-0.2, -0.15) is 0 Å². The van der Waals surface area contributed by atoms with E-state index >= 15 is 0 Å². The summed E-state index contributed by atoms with van der Waals surface area (Å²) in [6.45, 7) is 7.43. The first-order valence-electron chi connectivity index (χ1n) is 6.86. The van der Waals surface area contributed by atoms with Gasteiger partial charge < -0.3 is 23.0 Å². The largest absolute Gasteiger partial charge is 0.520 e. The number of hydrogen-bond acceptors (Lipinski definition) is 6. The van der Waals surface area contributed by atoms with Gasteiger partial charge in [0.2, 0.25) is 8.32 Å². The summed E-state index contributed by atoms with van der Waals surface area (Å²) in [5.41, 5.74) is 0. The van der Waals surface area contributed by atoms with Gasteiger partial charge in [0.25, 0.3) is 5.97 Å². The molecule has 8 heteroatoms. The molecule has 0 amide bonds. The zero-order valence-corrected chi connectivity index (χ0v) is 15.6. The van der Waals surface area contributed by atoms with E-state index in [4.69, 9.17) is 17.7 Å². The van der Waals surface area contributed by atoms with Crippen LogP contribution in [0, 0.1) is 0 Å². The summed E-state index contributed by atoms with van der Waals surface area (Å²) in [5.74, 6) is -0.119. The molecule has 0 saturated heterocycles. The van der Waals surface area contributed by atoms with Crippen LogP contribution < -0.4 is 5.32 Å². The summed E-state index contributed by atoms with van der Waals surface area (Å²) in [4.78, 5) is 11.5. The first-order chi connectivity index (χ1) is 9.28. The molecule has 0 rings (SSSR count). The minimum absolute atomic E-state index is 0.119. The van der Waals surface area contributed by atoms with E-state index in [-0.39, 0.29) is 5.97 Å². The fraction of sp³-hybridized carbons (Fsp3) is 0.917. The molecular formula is C12H29NO5Si2. The molecule has 0 heterocycles. The van der Waals surface area contributed by atoms with Crippen molar-refractivity contribution in [3.05, 3.63) is 0 Å². The number of carbonyl (C=O) groups excluding carboxylic acids is 1. The van der Waals surface area contributed by atoms with E-state index in [0.29, 0.717) is 13.0 Å². The van der Waals surface area contributed by atoms with Crippen molar-refractivity contribution in [2.45, 2.75) is 38.5 Å². The highest BCUT2D eigenvalue weighted by Crippen LogP contribution is 2.14. The molecule has 20 heavy (non-hydrogen) atoms. The molecule has 6 nitrogen and oxygen atoms in total. The van der Waals surface area contributed by atoms with E-state index in [9.17, 15) is 4.79 Å².